The molecule has 1 aromatic carbocycles. The number of nitrogens with one attached hydrogen (secondary N) is 1. The Morgan fingerprint density at radius 1 is 1.43 bits per heavy atom. The predicted molar refractivity (Wildman–Crippen MR) is 59.6 cm³/mol. The van der Waals surface area contributed by atoms with Crippen LogP contribution in [0.4, 0.5) is 5.69 Å². The second-order valence-corrected chi connectivity index (χ2v) is 2.74. The van der Waals surface area contributed by atoms with Crippen molar-refractivity contribution in [1.29, 1.82) is 0 Å². The van der Waals surface area contributed by atoms with Gasteiger partial charge in [-0.3, -0.25) is 0 Å². The molecule has 1 N–H and O–H groups in total. The van der Waals surface area contributed by atoms with Crippen LogP contribution in [0, 0.1) is 11.8 Å². The molecule has 0 saturated heterocycles. The first-order valence-corrected chi connectivity index (χ1v) is 4.73. The number of benzene rings is 1. The molecule has 0 fully saturated rings. The van der Waals surface area contributed by atoms with Gasteiger partial charge in [-0.05, 0) is 26.0 Å². The number of hydrogen-bond acceptors (Lipinski definition) is 2. The Kier molecular flexibility index (Phi) is 4.43. The minimum Gasteiger partial charge on any atom is -0.494 e. The van der Waals surface area contributed by atoms with Gasteiger partial charge in [0.1, 0.15) is 5.75 Å². The van der Waals surface area contributed by atoms with Crippen molar-refractivity contribution in [2.45, 2.75) is 13.8 Å². The molecular formula is C12H15NO. The third-order valence-corrected chi connectivity index (χ3v) is 1.70. The Labute approximate surface area is 85.3 Å². The lowest BCUT2D eigenvalue weighted by molar-refractivity contribution is 0.340. The van der Waals surface area contributed by atoms with Crippen molar-refractivity contribution >= 4 is 5.69 Å². The lowest BCUT2D eigenvalue weighted by Gasteiger charge is -2.06. The molecule has 14 heavy (non-hydrogen) atoms. The van der Waals surface area contributed by atoms with Crippen LogP contribution in [-0.2, 0) is 0 Å². The fraction of sp³-hybridized carbons (Fsp3) is 0.333. The molecule has 0 heterocycles. The van der Waals surface area contributed by atoms with Gasteiger partial charge in [0.15, 0.2) is 0 Å². The standard InChI is InChI=1S/C12H15NO/c1-3-5-9-13-11-7-6-8-12(10-11)14-4-2/h6-8,10,13H,4,9H2,1-2H3. The summed E-state index contributed by atoms with van der Waals surface area (Å²) in [5.74, 6) is 6.67. The average Bonchev–Trinajstić information content (AvgIpc) is 2.19. The van der Waals surface area contributed by atoms with Gasteiger partial charge in [0.05, 0.1) is 13.2 Å². The topological polar surface area (TPSA) is 21.3 Å². The zero-order chi connectivity index (χ0) is 10.2. The zero-order valence-corrected chi connectivity index (χ0v) is 8.63. The summed E-state index contributed by atoms with van der Waals surface area (Å²) >= 11 is 0. The van der Waals surface area contributed by atoms with Gasteiger partial charge in [-0.25, -0.2) is 0 Å². The Morgan fingerprint density at radius 3 is 3.00 bits per heavy atom. The molecule has 0 aliphatic rings. The summed E-state index contributed by atoms with van der Waals surface area (Å²) < 4.78 is 5.38. The zero-order valence-electron chi connectivity index (χ0n) is 8.63. The lowest BCUT2D eigenvalue weighted by Crippen LogP contribution is -1.99. The lowest BCUT2D eigenvalue weighted by atomic mass is 10.3. The summed E-state index contributed by atoms with van der Waals surface area (Å²) in [6.45, 7) is 5.17. The third kappa shape index (κ3) is 3.40. The molecule has 0 aliphatic heterocycles. The summed E-state index contributed by atoms with van der Waals surface area (Å²) in [6.07, 6.45) is 0. The molecule has 0 atom stereocenters. The second kappa shape index (κ2) is 5.93. The van der Waals surface area contributed by atoms with Crippen molar-refractivity contribution in [3.8, 4) is 17.6 Å². The maximum atomic E-state index is 5.38. The molecule has 0 aromatic heterocycles. The Balaban J connectivity index is 2.57. The van der Waals surface area contributed by atoms with Crippen LogP contribution in [0.5, 0.6) is 5.75 Å². The highest BCUT2D eigenvalue weighted by Crippen LogP contribution is 2.16. The van der Waals surface area contributed by atoms with Crippen molar-refractivity contribution in [3.63, 3.8) is 0 Å². The summed E-state index contributed by atoms with van der Waals surface area (Å²) in [5.41, 5.74) is 1.04. The van der Waals surface area contributed by atoms with Crippen LogP contribution in [0.15, 0.2) is 24.3 Å². The van der Waals surface area contributed by atoms with Gasteiger partial charge in [0, 0.05) is 11.8 Å². The van der Waals surface area contributed by atoms with Crippen LogP contribution in [0.2, 0.25) is 0 Å². The van der Waals surface area contributed by atoms with Crippen LogP contribution in [0.1, 0.15) is 13.8 Å². The minimum absolute atomic E-state index is 0.673. The Hall–Kier alpha value is -1.62. The number of anilines is 1. The van der Waals surface area contributed by atoms with E-state index in [4.69, 9.17) is 4.74 Å². The largest absolute Gasteiger partial charge is 0.494 e. The van der Waals surface area contributed by atoms with E-state index >= 15 is 0 Å². The molecule has 0 spiro atoms. The number of rotatable bonds is 4. The predicted octanol–water partition coefficient (Wildman–Crippen LogP) is 2.52. The van der Waals surface area contributed by atoms with Crippen molar-refractivity contribution in [2.75, 3.05) is 18.5 Å². The number of ether oxygens (including phenoxy) is 1. The van der Waals surface area contributed by atoms with E-state index in [1.807, 2.05) is 38.1 Å². The molecule has 0 radical (unpaired) electrons. The first-order valence-electron chi connectivity index (χ1n) is 4.73. The molecule has 0 bridgehead atoms. The fourth-order valence-corrected chi connectivity index (χ4v) is 1.10. The maximum absolute atomic E-state index is 5.38. The summed E-state index contributed by atoms with van der Waals surface area (Å²) in [7, 11) is 0. The highest BCUT2D eigenvalue weighted by atomic mass is 16.5. The maximum Gasteiger partial charge on any atom is 0.121 e. The number of hydrogen-bond donors (Lipinski definition) is 1. The van der Waals surface area contributed by atoms with Crippen LogP contribution >= 0.6 is 0 Å². The van der Waals surface area contributed by atoms with E-state index < -0.39 is 0 Å². The smallest absolute Gasteiger partial charge is 0.121 e. The molecule has 74 valence electrons. The van der Waals surface area contributed by atoms with Crippen molar-refractivity contribution in [3.05, 3.63) is 24.3 Å². The first kappa shape index (κ1) is 10.5. The van der Waals surface area contributed by atoms with Gasteiger partial charge in [0.2, 0.25) is 0 Å². The molecule has 0 aliphatic carbocycles. The molecule has 0 saturated carbocycles. The van der Waals surface area contributed by atoms with Crippen LogP contribution in [0.25, 0.3) is 0 Å². The highest BCUT2D eigenvalue weighted by molar-refractivity contribution is 5.48. The quantitative estimate of drug-likeness (QED) is 0.735. The molecule has 0 unspecified atom stereocenters. The van der Waals surface area contributed by atoms with E-state index in [1.165, 1.54) is 0 Å². The molecule has 2 nitrogen and oxygen atoms in total. The molecule has 1 rings (SSSR count). The monoisotopic (exact) mass is 189 g/mol. The van der Waals surface area contributed by atoms with E-state index in [0.29, 0.717) is 13.2 Å². The van der Waals surface area contributed by atoms with Crippen molar-refractivity contribution in [1.82, 2.24) is 0 Å². The first-order chi connectivity index (χ1) is 6.86. The van der Waals surface area contributed by atoms with E-state index in [2.05, 4.69) is 17.2 Å². The Morgan fingerprint density at radius 2 is 2.29 bits per heavy atom. The summed E-state index contributed by atoms with van der Waals surface area (Å²) in [5, 5.41) is 3.19. The van der Waals surface area contributed by atoms with Crippen LogP contribution in [0.3, 0.4) is 0 Å². The normalized spacial score (nSPS) is 8.71. The molecular weight excluding hydrogens is 174 g/mol. The fourth-order valence-electron chi connectivity index (χ4n) is 1.10. The van der Waals surface area contributed by atoms with Gasteiger partial charge in [-0.15, -0.1) is 5.92 Å². The minimum atomic E-state index is 0.673. The molecule has 2 heteroatoms. The molecule has 0 amide bonds. The summed E-state index contributed by atoms with van der Waals surface area (Å²) in [4.78, 5) is 0. The van der Waals surface area contributed by atoms with E-state index in [-0.39, 0.29) is 0 Å². The van der Waals surface area contributed by atoms with E-state index in [9.17, 15) is 0 Å². The average molecular weight is 189 g/mol. The van der Waals surface area contributed by atoms with Gasteiger partial charge in [-0.1, -0.05) is 12.0 Å². The van der Waals surface area contributed by atoms with Gasteiger partial charge < -0.3 is 10.1 Å². The van der Waals surface area contributed by atoms with E-state index in [0.717, 1.165) is 11.4 Å². The third-order valence-electron chi connectivity index (χ3n) is 1.70. The van der Waals surface area contributed by atoms with Gasteiger partial charge in [0.25, 0.3) is 0 Å². The van der Waals surface area contributed by atoms with Crippen molar-refractivity contribution < 1.29 is 4.74 Å². The summed E-state index contributed by atoms with van der Waals surface area (Å²) in [6, 6.07) is 7.88. The van der Waals surface area contributed by atoms with Crippen molar-refractivity contribution in [2.24, 2.45) is 0 Å². The van der Waals surface area contributed by atoms with E-state index in [1.54, 1.807) is 0 Å². The van der Waals surface area contributed by atoms with Gasteiger partial charge in [-0.2, -0.15) is 0 Å². The van der Waals surface area contributed by atoms with Gasteiger partial charge >= 0.3 is 0 Å². The van der Waals surface area contributed by atoms with Crippen LogP contribution < -0.4 is 10.1 Å². The van der Waals surface area contributed by atoms with Crippen LogP contribution in [-0.4, -0.2) is 13.2 Å². The molecule has 1 aromatic rings. The Bertz CT molecular complexity index is 336. The SMILES string of the molecule is CC#CCNc1cccc(OCC)c1. The highest BCUT2D eigenvalue weighted by Gasteiger charge is 1.93. The second-order valence-electron chi connectivity index (χ2n) is 2.74.